The number of rotatable bonds is 5. The van der Waals surface area contributed by atoms with Crippen LogP contribution in [0.15, 0.2) is 34.8 Å². The van der Waals surface area contributed by atoms with Gasteiger partial charge in [-0.15, -0.1) is 0 Å². The lowest BCUT2D eigenvalue weighted by atomic mass is 10.1. The zero-order valence-corrected chi connectivity index (χ0v) is 15.8. The van der Waals surface area contributed by atoms with Crippen molar-refractivity contribution in [3.05, 3.63) is 56.0 Å². The molecular formula is C17H17BrN2O5. The molecule has 8 heteroatoms. The van der Waals surface area contributed by atoms with Gasteiger partial charge in [-0.2, -0.15) is 0 Å². The van der Waals surface area contributed by atoms with E-state index < -0.39 is 10.8 Å². The van der Waals surface area contributed by atoms with Gasteiger partial charge in [0.2, 0.25) is 0 Å². The number of ether oxygens (including phenoxy) is 2. The number of benzene rings is 2. The van der Waals surface area contributed by atoms with E-state index in [-0.39, 0.29) is 22.7 Å². The van der Waals surface area contributed by atoms with Crippen molar-refractivity contribution in [2.75, 3.05) is 26.2 Å². The maximum atomic E-state index is 12.8. The Morgan fingerprint density at radius 3 is 2.28 bits per heavy atom. The molecule has 132 valence electrons. The van der Waals surface area contributed by atoms with Crippen LogP contribution in [0.1, 0.15) is 15.9 Å². The van der Waals surface area contributed by atoms with Crippen molar-refractivity contribution in [2.24, 2.45) is 0 Å². The van der Waals surface area contributed by atoms with Crippen LogP contribution in [0.4, 0.5) is 11.4 Å². The van der Waals surface area contributed by atoms with Crippen molar-refractivity contribution < 1.29 is 19.2 Å². The molecule has 0 heterocycles. The third kappa shape index (κ3) is 3.74. The predicted molar refractivity (Wildman–Crippen MR) is 97.8 cm³/mol. The number of methoxy groups -OCH3 is 2. The van der Waals surface area contributed by atoms with E-state index in [9.17, 15) is 14.9 Å². The van der Waals surface area contributed by atoms with Gasteiger partial charge >= 0.3 is 0 Å². The van der Waals surface area contributed by atoms with Crippen LogP contribution in [-0.2, 0) is 0 Å². The van der Waals surface area contributed by atoms with E-state index in [2.05, 4.69) is 15.9 Å². The second kappa shape index (κ2) is 7.52. The quantitative estimate of drug-likeness (QED) is 0.552. The van der Waals surface area contributed by atoms with Gasteiger partial charge in [0.25, 0.3) is 11.6 Å². The Labute approximate surface area is 153 Å². The van der Waals surface area contributed by atoms with Crippen molar-refractivity contribution in [3.8, 4) is 11.5 Å². The summed E-state index contributed by atoms with van der Waals surface area (Å²) < 4.78 is 11.1. The summed E-state index contributed by atoms with van der Waals surface area (Å²) in [5, 5.41) is 11.4. The molecule has 0 spiro atoms. The number of amides is 1. The molecule has 0 radical (unpaired) electrons. The summed E-state index contributed by atoms with van der Waals surface area (Å²) in [6.07, 6.45) is 0. The SMILES string of the molecule is COc1cc(C(=O)N(C)c2ccc(Br)c(C)c2)c([N+](=O)[O-])cc1OC. The third-order valence-electron chi connectivity index (χ3n) is 3.76. The molecule has 25 heavy (non-hydrogen) atoms. The molecule has 1 amide bonds. The Morgan fingerprint density at radius 1 is 1.16 bits per heavy atom. The summed E-state index contributed by atoms with van der Waals surface area (Å²) in [6, 6.07) is 7.89. The normalized spacial score (nSPS) is 10.3. The summed E-state index contributed by atoms with van der Waals surface area (Å²) in [5.74, 6) is -0.0842. The molecule has 0 bridgehead atoms. The average Bonchev–Trinajstić information content (AvgIpc) is 2.61. The highest BCUT2D eigenvalue weighted by Gasteiger charge is 2.27. The van der Waals surface area contributed by atoms with Crippen LogP contribution in [0.25, 0.3) is 0 Å². The van der Waals surface area contributed by atoms with E-state index in [1.165, 1.54) is 31.3 Å². The number of halogens is 1. The number of anilines is 1. The molecular weight excluding hydrogens is 392 g/mol. The third-order valence-corrected chi connectivity index (χ3v) is 4.65. The van der Waals surface area contributed by atoms with Crippen LogP contribution in [-0.4, -0.2) is 32.1 Å². The standard InChI is InChI=1S/C17H17BrN2O5/c1-10-7-11(5-6-13(10)18)19(2)17(21)12-8-15(24-3)16(25-4)9-14(12)20(22)23/h5-9H,1-4H3. The summed E-state index contributed by atoms with van der Waals surface area (Å²) in [5.41, 5.74) is 1.14. The molecule has 0 atom stereocenters. The molecule has 0 aliphatic rings. The lowest BCUT2D eigenvalue weighted by molar-refractivity contribution is -0.385. The van der Waals surface area contributed by atoms with Gasteiger partial charge in [0.05, 0.1) is 25.2 Å². The first-order valence-electron chi connectivity index (χ1n) is 7.24. The number of nitrogens with zero attached hydrogens (tertiary/aromatic N) is 2. The molecule has 0 aliphatic heterocycles. The summed E-state index contributed by atoms with van der Waals surface area (Å²) >= 11 is 3.40. The van der Waals surface area contributed by atoms with Gasteiger partial charge in [-0.25, -0.2) is 0 Å². The Balaban J connectivity index is 2.53. The number of nitro benzene ring substituents is 1. The maximum Gasteiger partial charge on any atom is 0.286 e. The van der Waals surface area contributed by atoms with Crippen molar-refractivity contribution in [1.82, 2.24) is 0 Å². The topological polar surface area (TPSA) is 81.9 Å². The van der Waals surface area contributed by atoms with Crippen molar-refractivity contribution in [3.63, 3.8) is 0 Å². The molecule has 0 saturated carbocycles. The highest BCUT2D eigenvalue weighted by Crippen LogP contribution is 2.35. The number of hydrogen-bond acceptors (Lipinski definition) is 5. The van der Waals surface area contributed by atoms with Gasteiger partial charge in [-0.05, 0) is 30.7 Å². The molecule has 7 nitrogen and oxygen atoms in total. The average molecular weight is 409 g/mol. The van der Waals surface area contributed by atoms with Crippen molar-refractivity contribution >= 4 is 33.2 Å². The highest BCUT2D eigenvalue weighted by atomic mass is 79.9. The van der Waals surface area contributed by atoms with E-state index in [0.717, 1.165) is 10.0 Å². The molecule has 0 saturated heterocycles. The second-order valence-corrected chi connectivity index (χ2v) is 6.13. The summed E-state index contributed by atoms with van der Waals surface area (Å²) in [7, 11) is 4.34. The minimum atomic E-state index is -0.615. The predicted octanol–water partition coefficient (Wildman–Crippen LogP) is 3.96. The van der Waals surface area contributed by atoms with Gasteiger partial charge in [0.15, 0.2) is 11.5 Å². The fourth-order valence-corrected chi connectivity index (χ4v) is 2.57. The van der Waals surface area contributed by atoms with Crippen molar-refractivity contribution in [2.45, 2.75) is 6.92 Å². The first-order chi connectivity index (χ1) is 11.8. The van der Waals surface area contributed by atoms with Gasteiger partial charge in [0, 0.05) is 23.3 Å². The Kier molecular flexibility index (Phi) is 5.63. The summed E-state index contributed by atoms with van der Waals surface area (Å²) in [4.78, 5) is 25.0. The summed E-state index contributed by atoms with van der Waals surface area (Å²) in [6.45, 7) is 1.89. The van der Waals surface area contributed by atoms with Gasteiger partial charge < -0.3 is 14.4 Å². The first kappa shape index (κ1) is 18.7. The smallest absolute Gasteiger partial charge is 0.286 e. The van der Waals surface area contributed by atoms with Crippen LogP contribution in [0.3, 0.4) is 0 Å². The number of nitro groups is 1. The van der Waals surface area contributed by atoms with Crippen LogP contribution < -0.4 is 14.4 Å². The van der Waals surface area contributed by atoms with E-state index >= 15 is 0 Å². The van der Waals surface area contributed by atoms with E-state index in [0.29, 0.717) is 5.69 Å². The number of hydrogen-bond donors (Lipinski definition) is 0. The maximum absolute atomic E-state index is 12.8. The molecule has 0 aliphatic carbocycles. The fraction of sp³-hybridized carbons (Fsp3) is 0.235. The number of carbonyl (C=O) groups excluding carboxylic acids is 1. The zero-order chi connectivity index (χ0) is 18.7. The first-order valence-corrected chi connectivity index (χ1v) is 8.04. The molecule has 0 aromatic heterocycles. The van der Waals surface area contributed by atoms with Crippen LogP contribution >= 0.6 is 15.9 Å². The minimum Gasteiger partial charge on any atom is -0.493 e. The highest BCUT2D eigenvalue weighted by molar-refractivity contribution is 9.10. The zero-order valence-electron chi connectivity index (χ0n) is 14.2. The fourth-order valence-electron chi connectivity index (χ4n) is 2.33. The number of aryl methyl sites for hydroxylation is 1. The molecule has 2 aromatic rings. The number of carbonyl (C=O) groups is 1. The van der Waals surface area contributed by atoms with Crippen LogP contribution in [0, 0.1) is 17.0 Å². The van der Waals surface area contributed by atoms with Gasteiger partial charge in [-0.1, -0.05) is 15.9 Å². The molecule has 2 rings (SSSR count). The van der Waals surface area contributed by atoms with Crippen molar-refractivity contribution in [1.29, 1.82) is 0 Å². The monoisotopic (exact) mass is 408 g/mol. The van der Waals surface area contributed by atoms with E-state index in [1.54, 1.807) is 13.1 Å². The van der Waals surface area contributed by atoms with Gasteiger partial charge in [0.1, 0.15) is 5.56 Å². The van der Waals surface area contributed by atoms with E-state index in [4.69, 9.17) is 9.47 Å². The molecule has 0 fully saturated rings. The van der Waals surface area contributed by atoms with E-state index in [1.807, 2.05) is 19.1 Å². The Bertz CT molecular complexity index is 838. The van der Waals surface area contributed by atoms with Crippen LogP contribution in [0.5, 0.6) is 11.5 Å². The van der Waals surface area contributed by atoms with Gasteiger partial charge in [-0.3, -0.25) is 14.9 Å². The molecule has 2 aromatic carbocycles. The van der Waals surface area contributed by atoms with Crippen LogP contribution in [0.2, 0.25) is 0 Å². The molecule has 0 N–H and O–H groups in total. The second-order valence-electron chi connectivity index (χ2n) is 5.28. The lowest BCUT2D eigenvalue weighted by Crippen LogP contribution is -2.27. The Hall–Kier alpha value is -2.61. The Morgan fingerprint density at radius 2 is 1.76 bits per heavy atom. The lowest BCUT2D eigenvalue weighted by Gasteiger charge is -2.19. The minimum absolute atomic E-state index is 0.0780. The largest absolute Gasteiger partial charge is 0.493 e. The molecule has 0 unspecified atom stereocenters.